The number of nitrogens with one attached hydrogen (secondary N) is 4. The zero-order valence-electron chi connectivity index (χ0n) is 29.1. The third kappa shape index (κ3) is 9.72. The van der Waals surface area contributed by atoms with Crippen LogP contribution in [0.2, 0.25) is 5.02 Å². The highest BCUT2D eigenvalue weighted by molar-refractivity contribution is 7.99. The highest BCUT2D eigenvalue weighted by atomic mass is 35.5. The SMILES string of the molecule is CN1C(=O)C(CCCCN)NC(=O)C(CCCN)NCc2cccnc2Sc2c(Cl)cc(B(O)O)cc2CNC(=O)C1Cc1c[nH]c2ccccc12. The molecule has 16 heteroatoms. The third-order valence-corrected chi connectivity index (χ3v) is 10.9. The number of hydrogen-bond donors (Lipinski definition) is 8. The van der Waals surface area contributed by atoms with Crippen LogP contribution in [0.5, 0.6) is 0 Å². The summed E-state index contributed by atoms with van der Waals surface area (Å²) in [5, 5.41) is 31.2. The molecule has 0 saturated carbocycles. The fourth-order valence-corrected chi connectivity index (χ4v) is 7.69. The number of fused-ring (bicyclic) bond motifs is 3. The summed E-state index contributed by atoms with van der Waals surface area (Å²) >= 11 is 8.05. The predicted molar refractivity (Wildman–Crippen MR) is 204 cm³/mol. The van der Waals surface area contributed by atoms with Gasteiger partial charge in [0.15, 0.2) is 0 Å². The monoisotopic (exact) mass is 748 g/mol. The summed E-state index contributed by atoms with van der Waals surface area (Å²) in [5.74, 6) is -1.21. The predicted octanol–water partition coefficient (Wildman–Crippen LogP) is 1.56. The maximum atomic E-state index is 14.4. The highest BCUT2D eigenvalue weighted by Crippen LogP contribution is 2.36. The number of hydrogen-bond acceptors (Lipinski definition) is 10. The van der Waals surface area contributed by atoms with Crippen LogP contribution in [-0.2, 0) is 33.9 Å². The molecule has 13 nitrogen and oxygen atoms in total. The maximum Gasteiger partial charge on any atom is 0.488 e. The molecule has 2 aromatic heterocycles. The van der Waals surface area contributed by atoms with E-state index >= 15 is 0 Å². The highest BCUT2D eigenvalue weighted by Gasteiger charge is 2.34. The number of H-pyrrole nitrogens is 1. The Balaban J connectivity index is 1.59. The van der Waals surface area contributed by atoms with E-state index in [-0.39, 0.29) is 35.9 Å². The summed E-state index contributed by atoms with van der Waals surface area (Å²) in [7, 11) is -0.224. The van der Waals surface area contributed by atoms with Crippen molar-refractivity contribution in [2.45, 2.75) is 79.7 Å². The van der Waals surface area contributed by atoms with E-state index < -0.39 is 37.1 Å². The van der Waals surface area contributed by atoms with E-state index in [2.05, 4.69) is 25.9 Å². The molecule has 0 bridgehead atoms. The van der Waals surface area contributed by atoms with Gasteiger partial charge < -0.3 is 47.3 Å². The molecule has 3 atom stereocenters. The van der Waals surface area contributed by atoms with Crippen molar-refractivity contribution < 1.29 is 24.4 Å². The zero-order valence-corrected chi connectivity index (χ0v) is 30.7. The van der Waals surface area contributed by atoms with Gasteiger partial charge in [-0.25, -0.2) is 4.98 Å². The van der Waals surface area contributed by atoms with Crippen molar-refractivity contribution in [1.82, 2.24) is 30.8 Å². The van der Waals surface area contributed by atoms with Gasteiger partial charge in [0.25, 0.3) is 0 Å². The number of likely N-dealkylation sites (N-methyl/N-ethyl adjacent to an activating group) is 1. The second-order valence-electron chi connectivity index (χ2n) is 12.9. The van der Waals surface area contributed by atoms with Crippen molar-refractivity contribution in [3.05, 3.63) is 82.6 Å². The van der Waals surface area contributed by atoms with Crippen molar-refractivity contribution in [2.24, 2.45) is 11.5 Å². The van der Waals surface area contributed by atoms with Crippen molar-refractivity contribution >= 4 is 64.6 Å². The topological polar surface area (TPSA) is 212 Å². The number of aromatic nitrogens is 2. The summed E-state index contributed by atoms with van der Waals surface area (Å²) in [4.78, 5) is 52.5. The van der Waals surface area contributed by atoms with Crippen LogP contribution in [0.4, 0.5) is 0 Å². The van der Waals surface area contributed by atoms with Gasteiger partial charge in [-0.15, -0.1) is 0 Å². The van der Waals surface area contributed by atoms with Gasteiger partial charge in [0.05, 0.1) is 11.1 Å². The van der Waals surface area contributed by atoms with Crippen molar-refractivity contribution in [2.75, 3.05) is 20.1 Å². The number of nitrogens with zero attached hydrogens (tertiary/aromatic N) is 2. The van der Waals surface area contributed by atoms with Crippen LogP contribution >= 0.6 is 23.4 Å². The van der Waals surface area contributed by atoms with Gasteiger partial charge in [0.2, 0.25) is 17.7 Å². The number of halogens is 1. The number of unbranched alkanes of at least 4 members (excludes halogenated alkanes) is 1. The van der Waals surface area contributed by atoms with E-state index in [1.54, 1.807) is 25.4 Å². The lowest BCUT2D eigenvalue weighted by Gasteiger charge is -2.32. The molecule has 4 aromatic rings. The number of carbonyl (C=O) groups excluding carboxylic acids is 3. The molecular formula is C36H46BClN8O5S. The Morgan fingerprint density at radius 3 is 2.50 bits per heavy atom. The summed E-state index contributed by atoms with van der Waals surface area (Å²) in [5.41, 5.74) is 14.8. The van der Waals surface area contributed by atoms with E-state index in [9.17, 15) is 24.4 Å². The minimum absolute atomic E-state index is 0.0356. The van der Waals surface area contributed by atoms with E-state index in [4.69, 9.17) is 23.1 Å². The van der Waals surface area contributed by atoms with Crippen LogP contribution < -0.4 is 32.9 Å². The van der Waals surface area contributed by atoms with Crippen LogP contribution in [0, 0.1) is 0 Å². The molecule has 3 heterocycles. The van der Waals surface area contributed by atoms with Crippen molar-refractivity contribution in [3.8, 4) is 0 Å². The lowest BCUT2D eigenvalue weighted by atomic mass is 9.79. The van der Waals surface area contributed by atoms with Crippen LogP contribution in [0.15, 0.2) is 70.8 Å². The largest absolute Gasteiger partial charge is 0.488 e. The van der Waals surface area contributed by atoms with Crippen LogP contribution in [-0.4, -0.2) is 88.0 Å². The molecule has 276 valence electrons. The quantitative estimate of drug-likeness (QED) is 0.0867. The number of aromatic amines is 1. The Labute approximate surface area is 312 Å². The Bertz CT molecular complexity index is 1860. The average molecular weight is 749 g/mol. The first kappa shape index (κ1) is 39.3. The molecule has 2 aromatic carbocycles. The minimum atomic E-state index is -1.80. The standard InChI is InChI=1S/C36H46BClN8O5S/c1-46-31(17-23-20-42-28-10-3-2-9-26(23)28)34(48)44-21-24-16-25(37(50)51)18-27(38)32(24)52-35-22(8-7-15-41-35)19-43-29(12-6-14-40)33(47)45-30(36(46)49)11-4-5-13-39/h2-3,7-10,15-16,18,20,29-31,42-43,50-51H,4-6,11-14,17,19,21,39-40H2,1H3,(H,44,48)(H,45,47). The molecule has 0 aliphatic carbocycles. The first-order chi connectivity index (χ1) is 25.1. The van der Waals surface area contributed by atoms with Gasteiger partial charge in [0.1, 0.15) is 17.1 Å². The van der Waals surface area contributed by atoms with Gasteiger partial charge in [-0.1, -0.05) is 53.7 Å². The maximum absolute atomic E-state index is 14.4. The molecule has 0 radical (unpaired) electrons. The van der Waals surface area contributed by atoms with Crippen LogP contribution in [0.3, 0.4) is 0 Å². The second kappa shape index (κ2) is 18.7. The minimum Gasteiger partial charge on any atom is -0.423 e. The molecule has 0 saturated heterocycles. The molecule has 1 aliphatic heterocycles. The summed E-state index contributed by atoms with van der Waals surface area (Å²) in [6.45, 7) is 1.05. The van der Waals surface area contributed by atoms with Gasteiger partial charge in [-0.3, -0.25) is 14.4 Å². The number of nitrogens with two attached hydrogens (primary N) is 2. The number of carbonyl (C=O) groups is 3. The molecular weight excluding hydrogens is 703 g/mol. The summed E-state index contributed by atoms with van der Waals surface area (Å²) in [6.07, 6.45) is 6.24. The Kier molecular flexibility index (Phi) is 14.1. The number of para-hydroxylation sites is 1. The Morgan fingerprint density at radius 2 is 1.73 bits per heavy atom. The van der Waals surface area contributed by atoms with Crippen LogP contribution in [0.25, 0.3) is 10.9 Å². The smallest absolute Gasteiger partial charge is 0.423 e. The van der Waals surface area contributed by atoms with Crippen molar-refractivity contribution in [3.63, 3.8) is 0 Å². The molecule has 0 fully saturated rings. The molecule has 3 amide bonds. The number of benzene rings is 2. The lowest BCUT2D eigenvalue weighted by molar-refractivity contribution is -0.142. The first-order valence-electron chi connectivity index (χ1n) is 17.4. The van der Waals surface area contributed by atoms with Crippen LogP contribution in [0.1, 0.15) is 48.8 Å². The second-order valence-corrected chi connectivity index (χ2v) is 14.3. The van der Waals surface area contributed by atoms with Gasteiger partial charge >= 0.3 is 7.12 Å². The molecule has 3 unspecified atom stereocenters. The van der Waals surface area contributed by atoms with Gasteiger partial charge in [-0.2, -0.15) is 0 Å². The fraction of sp³-hybridized carbons (Fsp3) is 0.389. The normalized spacial score (nSPS) is 19.1. The number of rotatable bonds is 10. The van der Waals surface area contributed by atoms with E-state index in [1.165, 1.54) is 22.7 Å². The Hall–Kier alpha value is -3.96. The number of pyridine rings is 1. The molecule has 10 N–H and O–H groups in total. The van der Waals surface area contributed by atoms with Gasteiger partial charge in [-0.05, 0) is 85.5 Å². The zero-order chi connectivity index (χ0) is 37.2. The molecule has 0 spiro atoms. The summed E-state index contributed by atoms with van der Waals surface area (Å²) in [6, 6.07) is 11.9. The third-order valence-electron chi connectivity index (χ3n) is 9.26. The molecule has 52 heavy (non-hydrogen) atoms. The lowest BCUT2D eigenvalue weighted by Crippen LogP contribution is -2.57. The van der Waals surface area contributed by atoms with Crippen molar-refractivity contribution in [1.29, 1.82) is 0 Å². The first-order valence-corrected chi connectivity index (χ1v) is 18.6. The summed E-state index contributed by atoms with van der Waals surface area (Å²) < 4.78 is 0. The number of amides is 3. The molecule has 5 rings (SSSR count). The molecule has 1 aliphatic rings. The average Bonchev–Trinajstić information content (AvgIpc) is 3.55. The van der Waals surface area contributed by atoms with E-state index in [0.29, 0.717) is 60.7 Å². The fourth-order valence-electron chi connectivity index (χ4n) is 6.33. The van der Waals surface area contributed by atoms with E-state index in [0.717, 1.165) is 22.0 Å². The van der Waals surface area contributed by atoms with Gasteiger partial charge in [0, 0.05) is 54.8 Å². The Morgan fingerprint density at radius 1 is 0.962 bits per heavy atom. The van der Waals surface area contributed by atoms with E-state index in [1.807, 2.05) is 36.5 Å².